The Balaban J connectivity index is 1.76. The van der Waals surface area contributed by atoms with Crippen LogP contribution < -0.4 is 30.6 Å². The second-order valence-corrected chi connectivity index (χ2v) is 7.06. The zero-order chi connectivity index (χ0) is 23.3. The van der Waals surface area contributed by atoms with Crippen molar-refractivity contribution < 1.29 is 19.0 Å². The number of carbonyl (C=O) groups is 1. The number of benzene rings is 2. The molecule has 0 saturated heterocycles. The van der Waals surface area contributed by atoms with Crippen LogP contribution in [0.3, 0.4) is 0 Å². The van der Waals surface area contributed by atoms with Crippen LogP contribution in [0.5, 0.6) is 17.2 Å². The summed E-state index contributed by atoms with van der Waals surface area (Å²) in [7, 11) is 4.61. The van der Waals surface area contributed by atoms with Crippen LogP contribution in [0.25, 0.3) is 11.0 Å². The second-order valence-electron chi connectivity index (χ2n) is 7.06. The van der Waals surface area contributed by atoms with Crippen molar-refractivity contribution in [3.05, 3.63) is 62.7 Å². The molecule has 3 rings (SSSR count). The Bertz CT molecular complexity index is 1220. The number of nitrogens with one attached hydrogen (secondary N) is 1. The van der Waals surface area contributed by atoms with Crippen LogP contribution in [0.1, 0.15) is 12.5 Å². The molecule has 0 radical (unpaired) electrons. The summed E-state index contributed by atoms with van der Waals surface area (Å²) in [6.45, 7) is 2.26. The van der Waals surface area contributed by atoms with Crippen molar-refractivity contribution >= 4 is 16.9 Å². The molecule has 32 heavy (non-hydrogen) atoms. The first-order valence-electron chi connectivity index (χ1n) is 10.2. The van der Waals surface area contributed by atoms with Crippen molar-refractivity contribution in [3.63, 3.8) is 0 Å². The molecule has 0 aliphatic carbocycles. The van der Waals surface area contributed by atoms with Gasteiger partial charge >= 0.3 is 11.1 Å². The lowest BCUT2D eigenvalue weighted by Crippen LogP contribution is -2.43. The fourth-order valence-corrected chi connectivity index (χ4v) is 3.67. The number of methoxy groups -OCH3 is 3. The lowest BCUT2D eigenvalue weighted by molar-refractivity contribution is -0.121. The van der Waals surface area contributed by atoms with Gasteiger partial charge in [-0.3, -0.25) is 19.0 Å². The van der Waals surface area contributed by atoms with Gasteiger partial charge in [0.1, 0.15) is 6.54 Å². The zero-order valence-electron chi connectivity index (χ0n) is 18.6. The van der Waals surface area contributed by atoms with E-state index in [2.05, 4.69) is 5.32 Å². The highest BCUT2D eigenvalue weighted by atomic mass is 16.5. The van der Waals surface area contributed by atoms with Crippen LogP contribution >= 0.6 is 0 Å². The maximum Gasteiger partial charge on any atom is 0.317 e. The lowest BCUT2D eigenvalue weighted by atomic mass is 10.1. The number of hydrogen-bond donors (Lipinski definition) is 1. The summed E-state index contributed by atoms with van der Waals surface area (Å²) in [5, 5.41) is 2.80. The largest absolute Gasteiger partial charge is 0.493 e. The molecule has 9 heteroatoms. The van der Waals surface area contributed by atoms with Gasteiger partial charge in [0, 0.05) is 13.1 Å². The number of aryl methyl sites for hydroxylation is 1. The molecule has 0 aliphatic rings. The molecule has 2 aromatic carbocycles. The van der Waals surface area contributed by atoms with Crippen LogP contribution in [0.4, 0.5) is 0 Å². The summed E-state index contributed by atoms with van der Waals surface area (Å²) in [6, 6.07) is 10.7. The van der Waals surface area contributed by atoms with Gasteiger partial charge in [-0.1, -0.05) is 12.1 Å². The van der Waals surface area contributed by atoms with E-state index in [1.807, 2.05) is 12.1 Å². The van der Waals surface area contributed by atoms with Gasteiger partial charge in [-0.25, -0.2) is 0 Å². The minimum atomic E-state index is -0.717. The van der Waals surface area contributed by atoms with E-state index < -0.39 is 11.1 Å². The summed E-state index contributed by atoms with van der Waals surface area (Å²) >= 11 is 0. The van der Waals surface area contributed by atoms with Gasteiger partial charge in [-0.2, -0.15) is 0 Å². The Morgan fingerprint density at radius 3 is 2.00 bits per heavy atom. The second kappa shape index (κ2) is 10.0. The summed E-state index contributed by atoms with van der Waals surface area (Å²) in [6.07, 6.45) is 0.509. The SMILES string of the molecule is CCn1c(=O)c(=O)n(CC(=O)NCCc2cc(OC)c(OC)c(OC)c2)c2ccccc21. The number of fused-ring (bicyclic) bond motifs is 1. The van der Waals surface area contributed by atoms with E-state index in [-0.39, 0.29) is 12.5 Å². The van der Waals surface area contributed by atoms with Gasteiger partial charge < -0.3 is 24.1 Å². The molecule has 0 spiro atoms. The van der Waals surface area contributed by atoms with Gasteiger partial charge in [0.15, 0.2) is 11.5 Å². The fraction of sp³-hybridized carbons (Fsp3) is 0.348. The monoisotopic (exact) mass is 441 g/mol. The number of para-hydroxylation sites is 2. The highest BCUT2D eigenvalue weighted by Gasteiger charge is 2.15. The van der Waals surface area contributed by atoms with Gasteiger partial charge in [0.2, 0.25) is 11.7 Å². The maximum absolute atomic E-state index is 12.6. The van der Waals surface area contributed by atoms with Gasteiger partial charge in [-0.15, -0.1) is 0 Å². The van der Waals surface area contributed by atoms with Crippen molar-refractivity contribution in [2.75, 3.05) is 27.9 Å². The highest BCUT2D eigenvalue weighted by Crippen LogP contribution is 2.38. The van der Waals surface area contributed by atoms with Crippen LogP contribution in [0.2, 0.25) is 0 Å². The smallest absolute Gasteiger partial charge is 0.317 e. The van der Waals surface area contributed by atoms with E-state index in [4.69, 9.17) is 14.2 Å². The molecule has 0 unspecified atom stereocenters. The molecule has 1 amide bonds. The molecule has 1 aromatic heterocycles. The van der Waals surface area contributed by atoms with E-state index >= 15 is 0 Å². The number of rotatable bonds is 9. The van der Waals surface area contributed by atoms with E-state index in [0.717, 1.165) is 5.56 Å². The number of hydrogen-bond acceptors (Lipinski definition) is 6. The van der Waals surface area contributed by atoms with Crippen LogP contribution in [0, 0.1) is 0 Å². The first-order valence-corrected chi connectivity index (χ1v) is 10.2. The quantitative estimate of drug-likeness (QED) is 0.506. The molecule has 0 saturated carbocycles. The normalized spacial score (nSPS) is 10.8. The van der Waals surface area contributed by atoms with Crippen LogP contribution in [-0.2, 0) is 24.3 Å². The molecule has 9 nitrogen and oxygen atoms in total. The van der Waals surface area contributed by atoms with Crippen molar-refractivity contribution in [3.8, 4) is 17.2 Å². The number of amides is 1. The van der Waals surface area contributed by atoms with Crippen molar-refractivity contribution in [1.82, 2.24) is 14.5 Å². The van der Waals surface area contributed by atoms with Gasteiger partial charge in [0.05, 0.1) is 32.4 Å². The average molecular weight is 441 g/mol. The fourth-order valence-electron chi connectivity index (χ4n) is 3.67. The van der Waals surface area contributed by atoms with Crippen LogP contribution in [0.15, 0.2) is 46.0 Å². The van der Waals surface area contributed by atoms with Crippen molar-refractivity contribution in [2.45, 2.75) is 26.4 Å². The summed E-state index contributed by atoms with van der Waals surface area (Å²) < 4.78 is 18.6. The van der Waals surface area contributed by atoms with Crippen LogP contribution in [-0.4, -0.2) is 42.9 Å². The standard InChI is InChI=1S/C23H27N3O6/c1-5-25-16-8-6-7-9-17(16)26(23(29)22(25)28)14-20(27)24-11-10-15-12-18(30-2)21(32-4)19(13-15)31-3/h6-9,12-13H,5,10-11,14H2,1-4H3,(H,24,27). The van der Waals surface area contributed by atoms with Crippen molar-refractivity contribution in [2.24, 2.45) is 0 Å². The topological polar surface area (TPSA) is 101 Å². The predicted molar refractivity (Wildman–Crippen MR) is 121 cm³/mol. The summed E-state index contributed by atoms with van der Waals surface area (Å²) in [5.74, 6) is 1.19. The summed E-state index contributed by atoms with van der Waals surface area (Å²) in [5.41, 5.74) is 0.679. The Morgan fingerprint density at radius 2 is 1.47 bits per heavy atom. The minimum absolute atomic E-state index is 0.242. The number of aromatic nitrogens is 2. The minimum Gasteiger partial charge on any atom is -0.493 e. The molecule has 3 aromatic rings. The Morgan fingerprint density at radius 1 is 0.906 bits per heavy atom. The molecule has 0 aliphatic heterocycles. The number of carbonyl (C=O) groups excluding carboxylic acids is 1. The van der Waals surface area contributed by atoms with E-state index in [1.165, 1.54) is 30.5 Å². The number of ether oxygens (including phenoxy) is 3. The molecule has 170 valence electrons. The molecular weight excluding hydrogens is 414 g/mol. The first-order chi connectivity index (χ1) is 15.4. The third-order valence-electron chi connectivity index (χ3n) is 5.21. The third kappa shape index (κ3) is 4.46. The summed E-state index contributed by atoms with van der Waals surface area (Å²) in [4.78, 5) is 37.6. The van der Waals surface area contributed by atoms with Gasteiger partial charge in [0.25, 0.3) is 0 Å². The lowest BCUT2D eigenvalue weighted by Gasteiger charge is -2.15. The maximum atomic E-state index is 12.6. The first kappa shape index (κ1) is 22.9. The molecule has 0 bridgehead atoms. The molecule has 0 atom stereocenters. The van der Waals surface area contributed by atoms with Crippen molar-refractivity contribution in [1.29, 1.82) is 0 Å². The Kier molecular flexibility index (Phi) is 7.19. The number of nitrogens with zero attached hydrogens (tertiary/aromatic N) is 2. The third-order valence-corrected chi connectivity index (χ3v) is 5.21. The van der Waals surface area contributed by atoms with E-state index in [1.54, 1.807) is 31.2 Å². The molecular formula is C23H27N3O6. The van der Waals surface area contributed by atoms with E-state index in [0.29, 0.717) is 47.8 Å². The average Bonchev–Trinajstić information content (AvgIpc) is 2.81. The van der Waals surface area contributed by atoms with Gasteiger partial charge in [-0.05, 0) is 43.2 Å². The highest BCUT2D eigenvalue weighted by molar-refractivity contribution is 5.80. The Labute approximate surface area is 185 Å². The van der Waals surface area contributed by atoms with E-state index in [9.17, 15) is 14.4 Å². The molecule has 1 heterocycles. The Hall–Kier alpha value is -3.75. The molecule has 0 fully saturated rings. The zero-order valence-corrected chi connectivity index (χ0v) is 18.6. The predicted octanol–water partition coefficient (Wildman–Crippen LogP) is 1.57. The molecule has 1 N–H and O–H groups in total.